The molecule has 1 aliphatic heterocycles. The van der Waals surface area contributed by atoms with Gasteiger partial charge in [-0.15, -0.1) is 0 Å². The molecule has 0 aromatic heterocycles. The average Bonchev–Trinajstić information content (AvgIpc) is 3.16. The van der Waals surface area contributed by atoms with Crippen LogP contribution in [-0.4, -0.2) is 0 Å². The lowest BCUT2D eigenvalue weighted by molar-refractivity contribution is 0.359. The molecule has 0 fully saturated rings. The number of benzene rings is 5. The number of hydrogen-bond donors (Lipinski definition) is 0. The van der Waals surface area contributed by atoms with Crippen molar-refractivity contribution in [2.45, 2.75) is 19.3 Å². The van der Waals surface area contributed by atoms with E-state index in [-0.39, 0.29) is 5.41 Å². The van der Waals surface area contributed by atoms with Gasteiger partial charge in [0.15, 0.2) is 23.0 Å². The van der Waals surface area contributed by atoms with E-state index in [0.717, 1.165) is 33.8 Å². The Hall–Kier alpha value is -4.81. The molecule has 2 aliphatic rings. The van der Waals surface area contributed by atoms with Crippen molar-refractivity contribution in [2.75, 3.05) is 0 Å². The molecule has 0 N–H and O–H groups in total. The third-order valence-corrected chi connectivity index (χ3v) is 7.61. The molecular formula is C34H23NO2. The molecule has 5 aromatic carbocycles. The van der Waals surface area contributed by atoms with Crippen molar-refractivity contribution in [2.24, 2.45) is 0 Å². The number of nitriles is 1. The van der Waals surface area contributed by atoms with Gasteiger partial charge < -0.3 is 9.47 Å². The van der Waals surface area contributed by atoms with Crippen LogP contribution in [0.2, 0.25) is 0 Å². The van der Waals surface area contributed by atoms with E-state index in [1.54, 1.807) is 0 Å². The van der Waals surface area contributed by atoms with Gasteiger partial charge in [-0.1, -0.05) is 86.6 Å². The highest BCUT2D eigenvalue weighted by Gasteiger charge is 2.37. The van der Waals surface area contributed by atoms with Crippen LogP contribution in [0.5, 0.6) is 23.0 Å². The van der Waals surface area contributed by atoms with Gasteiger partial charge in [0.25, 0.3) is 0 Å². The van der Waals surface area contributed by atoms with Crippen LogP contribution in [0.4, 0.5) is 0 Å². The first kappa shape index (κ1) is 21.5. The molecule has 5 aromatic rings. The first-order chi connectivity index (χ1) is 18.0. The first-order valence-electron chi connectivity index (χ1n) is 12.4. The third-order valence-electron chi connectivity index (χ3n) is 7.61. The maximum absolute atomic E-state index is 9.44. The maximum Gasteiger partial charge on any atom is 0.170 e. The number of rotatable bonds is 2. The zero-order valence-corrected chi connectivity index (χ0v) is 20.6. The summed E-state index contributed by atoms with van der Waals surface area (Å²) in [6, 6.07) is 37.1. The van der Waals surface area contributed by atoms with E-state index in [9.17, 15) is 5.26 Å². The summed E-state index contributed by atoms with van der Waals surface area (Å²) in [5, 5.41) is 9.44. The maximum atomic E-state index is 9.44. The lowest BCUT2D eigenvalue weighted by atomic mass is 9.82. The third kappa shape index (κ3) is 3.27. The summed E-state index contributed by atoms with van der Waals surface area (Å²) >= 11 is 0. The highest BCUT2D eigenvalue weighted by atomic mass is 16.6. The molecule has 0 spiro atoms. The summed E-state index contributed by atoms with van der Waals surface area (Å²) in [5.74, 6) is 2.90. The topological polar surface area (TPSA) is 42.2 Å². The van der Waals surface area contributed by atoms with E-state index in [2.05, 4.69) is 86.6 Å². The number of fused-ring (bicyclic) bond motifs is 5. The van der Waals surface area contributed by atoms with Crippen molar-refractivity contribution in [3.8, 4) is 62.4 Å². The Labute approximate surface area is 216 Å². The molecule has 1 aliphatic carbocycles. The largest absolute Gasteiger partial charge is 0.450 e. The van der Waals surface area contributed by atoms with E-state index < -0.39 is 0 Å². The second-order valence-corrected chi connectivity index (χ2v) is 10.1. The van der Waals surface area contributed by atoms with Crippen LogP contribution in [0.15, 0.2) is 103 Å². The van der Waals surface area contributed by atoms with E-state index in [0.29, 0.717) is 17.1 Å². The summed E-state index contributed by atoms with van der Waals surface area (Å²) in [4.78, 5) is 0. The van der Waals surface area contributed by atoms with Crippen molar-refractivity contribution in [3.05, 3.63) is 120 Å². The van der Waals surface area contributed by atoms with Crippen LogP contribution >= 0.6 is 0 Å². The Kier molecular flexibility index (Phi) is 4.55. The second kappa shape index (κ2) is 7.85. The molecule has 7 rings (SSSR count). The number of nitrogens with zero attached hydrogens (tertiary/aromatic N) is 1. The molecule has 0 amide bonds. The van der Waals surface area contributed by atoms with Crippen LogP contribution in [0.1, 0.15) is 30.5 Å². The van der Waals surface area contributed by atoms with Gasteiger partial charge in [0.1, 0.15) is 0 Å². The molecule has 0 saturated carbocycles. The minimum Gasteiger partial charge on any atom is -0.450 e. The van der Waals surface area contributed by atoms with Crippen molar-refractivity contribution in [3.63, 3.8) is 0 Å². The second-order valence-electron chi connectivity index (χ2n) is 10.1. The molecule has 0 bridgehead atoms. The SMILES string of the molecule is CC1(C)c2ccccc2-c2cc3c(cc21)Oc1ccc(-c2ccc(-c4ccccc4C#N)cc2)cc1O3. The monoisotopic (exact) mass is 477 g/mol. The van der Waals surface area contributed by atoms with E-state index in [1.165, 1.54) is 22.3 Å². The fourth-order valence-corrected chi connectivity index (χ4v) is 5.63. The van der Waals surface area contributed by atoms with E-state index in [4.69, 9.17) is 9.47 Å². The standard InChI is InChI=1S/C34H23NO2/c1-34(2)28-10-6-5-9-26(28)27-18-32-33(19-29(27)34)36-30-16-15-23(17-31(30)37-32)21-11-13-22(14-12-21)25-8-4-3-7-24(25)20-35/h3-19H,1-2H3. The zero-order chi connectivity index (χ0) is 25.1. The van der Waals surface area contributed by atoms with Crippen LogP contribution < -0.4 is 9.47 Å². The Balaban J connectivity index is 1.23. The predicted molar refractivity (Wildman–Crippen MR) is 146 cm³/mol. The van der Waals surface area contributed by atoms with Gasteiger partial charge >= 0.3 is 0 Å². The Morgan fingerprint density at radius 2 is 1.16 bits per heavy atom. The predicted octanol–water partition coefficient (Wildman–Crippen LogP) is 9.10. The fourth-order valence-electron chi connectivity index (χ4n) is 5.63. The van der Waals surface area contributed by atoms with Gasteiger partial charge in [0, 0.05) is 5.41 Å². The Morgan fingerprint density at radius 3 is 1.97 bits per heavy atom. The van der Waals surface area contributed by atoms with Crippen LogP contribution in [0.3, 0.4) is 0 Å². The summed E-state index contributed by atoms with van der Waals surface area (Å²) < 4.78 is 12.7. The van der Waals surface area contributed by atoms with Crippen LogP contribution in [-0.2, 0) is 5.41 Å². The molecule has 0 radical (unpaired) electrons. The molecule has 176 valence electrons. The van der Waals surface area contributed by atoms with Crippen molar-refractivity contribution < 1.29 is 9.47 Å². The van der Waals surface area contributed by atoms with Crippen molar-refractivity contribution >= 4 is 0 Å². The van der Waals surface area contributed by atoms with Crippen molar-refractivity contribution in [1.82, 2.24) is 0 Å². The lowest BCUT2D eigenvalue weighted by Crippen LogP contribution is -2.15. The average molecular weight is 478 g/mol. The van der Waals surface area contributed by atoms with E-state index in [1.807, 2.05) is 36.4 Å². The van der Waals surface area contributed by atoms with Gasteiger partial charge in [0.05, 0.1) is 11.6 Å². The summed E-state index contributed by atoms with van der Waals surface area (Å²) in [6.45, 7) is 4.52. The molecule has 3 nitrogen and oxygen atoms in total. The summed E-state index contributed by atoms with van der Waals surface area (Å²) in [6.07, 6.45) is 0. The van der Waals surface area contributed by atoms with Gasteiger partial charge in [-0.05, 0) is 74.8 Å². The molecule has 0 atom stereocenters. The van der Waals surface area contributed by atoms with Gasteiger partial charge in [-0.25, -0.2) is 0 Å². The quantitative estimate of drug-likeness (QED) is 0.250. The highest BCUT2D eigenvalue weighted by molar-refractivity contribution is 5.83. The van der Waals surface area contributed by atoms with Gasteiger partial charge in [-0.3, -0.25) is 0 Å². The molecule has 37 heavy (non-hydrogen) atoms. The fraction of sp³-hybridized carbons (Fsp3) is 0.0882. The summed E-state index contributed by atoms with van der Waals surface area (Å²) in [5.41, 5.74) is 9.69. The summed E-state index contributed by atoms with van der Waals surface area (Å²) in [7, 11) is 0. The number of ether oxygens (including phenoxy) is 2. The molecule has 0 unspecified atom stereocenters. The molecule has 1 heterocycles. The van der Waals surface area contributed by atoms with E-state index >= 15 is 0 Å². The number of hydrogen-bond acceptors (Lipinski definition) is 3. The first-order valence-corrected chi connectivity index (χ1v) is 12.4. The minimum atomic E-state index is -0.0889. The molecular weight excluding hydrogens is 454 g/mol. The Bertz CT molecular complexity index is 1760. The van der Waals surface area contributed by atoms with Gasteiger partial charge in [-0.2, -0.15) is 5.26 Å². The molecule has 0 saturated heterocycles. The minimum absolute atomic E-state index is 0.0889. The highest BCUT2D eigenvalue weighted by Crippen LogP contribution is 2.55. The van der Waals surface area contributed by atoms with Gasteiger partial charge in [0.2, 0.25) is 0 Å². The zero-order valence-electron chi connectivity index (χ0n) is 20.6. The van der Waals surface area contributed by atoms with Crippen molar-refractivity contribution in [1.29, 1.82) is 5.26 Å². The molecule has 3 heteroatoms. The smallest absolute Gasteiger partial charge is 0.170 e. The van der Waals surface area contributed by atoms with Crippen LogP contribution in [0.25, 0.3) is 33.4 Å². The lowest BCUT2D eigenvalue weighted by Gasteiger charge is -2.25. The van der Waals surface area contributed by atoms with Crippen LogP contribution in [0, 0.1) is 11.3 Å². The normalized spacial score (nSPS) is 13.8. The Morgan fingerprint density at radius 1 is 0.541 bits per heavy atom.